The quantitative estimate of drug-likeness (QED) is 0.770. The Morgan fingerprint density at radius 1 is 1.52 bits per heavy atom. The van der Waals surface area contributed by atoms with Crippen LogP contribution in [0.4, 0.5) is 0 Å². The van der Waals surface area contributed by atoms with Gasteiger partial charge in [-0.05, 0) is 30.9 Å². The number of pyridine rings is 1. The molecule has 1 amide bonds. The first-order chi connectivity index (χ1) is 10.3. The summed E-state index contributed by atoms with van der Waals surface area (Å²) in [6.07, 6.45) is 4.43. The molecule has 2 heterocycles. The average molecular weight is 292 g/mol. The van der Waals surface area contributed by atoms with Gasteiger partial charge in [-0.25, -0.2) is 0 Å². The molecule has 0 N–H and O–H groups in total. The fourth-order valence-corrected chi connectivity index (χ4v) is 2.53. The number of hydrogen-bond acceptors (Lipinski definition) is 4. The van der Waals surface area contributed by atoms with Crippen LogP contribution in [0.15, 0.2) is 24.4 Å². The maximum Gasteiger partial charge on any atom is 0.223 e. The van der Waals surface area contributed by atoms with Gasteiger partial charge in [-0.3, -0.25) is 9.78 Å². The zero-order chi connectivity index (χ0) is 14.9. The van der Waals surface area contributed by atoms with E-state index in [2.05, 4.69) is 4.98 Å². The van der Waals surface area contributed by atoms with Crippen LogP contribution in [0.25, 0.3) is 0 Å². The largest absolute Gasteiger partial charge is 0.383 e. The smallest absolute Gasteiger partial charge is 0.223 e. The molecule has 1 saturated heterocycles. The lowest BCUT2D eigenvalue weighted by molar-refractivity contribution is -0.134. The van der Waals surface area contributed by atoms with Gasteiger partial charge in [0.2, 0.25) is 5.91 Å². The lowest BCUT2D eigenvalue weighted by atomic mass is 9.98. The van der Waals surface area contributed by atoms with Crippen molar-refractivity contribution in [1.82, 2.24) is 9.88 Å². The Bertz CT molecular complexity index is 419. The van der Waals surface area contributed by atoms with Crippen LogP contribution in [0.5, 0.6) is 0 Å². The van der Waals surface area contributed by atoms with Crippen molar-refractivity contribution in [2.75, 3.05) is 33.5 Å². The van der Waals surface area contributed by atoms with Gasteiger partial charge in [-0.1, -0.05) is 6.07 Å². The van der Waals surface area contributed by atoms with Crippen molar-refractivity contribution in [2.24, 2.45) is 5.92 Å². The van der Waals surface area contributed by atoms with E-state index in [1.54, 1.807) is 13.3 Å². The van der Waals surface area contributed by atoms with E-state index in [9.17, 15) is 4.79 Å². The molecule has 1 atom stereocenters. The van der Waals surface area contributed by atoms with Gasteiger partial charge >= 0.3 is 0 Å². The summed E-state index contributed by atoms with van der Waals surface area (Å²) >= 11 is 0. The van der Waals surface area contributed by atoms with Crippen molar-refractivity contribution in [3.05, 3.63) is 30.1 Å². The molecule has 1 aliphatic heterocycles. The predicted molar refractivity (Wildman–Crippen MR) is 79.7 cm³/mol. The molecule has 2 rings (SSSR count). The van der Waals surface area contributed by atoms with Crippen molar-refractivity contribution in [1.29, 1.82) is 0 Å². The van der Waals surface area contributed by atoms with Crippen LogP contribution in [-0.4, -0.2) is 49.3 Å². The average Bonchev–Trinajstić information content (AvgIpc) is 2.53. The molecule has 5 heteroatoms. The number of methoxy groups -OCH3 is 1. The van der Waals surface area contributed by atoms with Crippen LogP contribution < -0.4 is 0 Å². The topological polar surface area (TPSA) is 51.7 Å². The van der Waals surface area contributed by atoms with Crippen molar-refractivity contribution >= 4 is 5.91 Å². The molecule has 116 valence electrons. The Hall–Kier alpha value is -1.46. The molecule has 1 aromatic heterocycles. The minimum atomic E-state index is 0.160. The zero-order valence-electron chi connectivity index (χ0n) is 12.7. The SMILES string of the molecule is COCCN(Cc1ccccn1)C(=O)CC1CCCOC1. The van der Waals surface area contributed by atoms with Crippen molar-refractivity contribution in [3.63, 3.8) is 0 Å². The summed E-state index contributed by atoms with van der Waals surface area (Å²) in [5.74, 6) is 0.508. The number of aromatic nitrogens is 1. The highest BCUT2D eigenvalue weighted by atomic mass is 16.5. The lowest BCUT2D eigenvalue weighted by Crippen LogP contribution is -2.36. The normalized spacial score (nSPS) is 18.4. The summed E-state index contributed by atoms with van der Waals surface area (Å²) in [7, 11) is 1.65. The number of nitrogens with zero attached hydrogens (tertiary/aromatic N) is 2. The van der Waals surface area contributed by atoms with Gasteiger partial charge in [0, 0.05) is 39.5 Å². The molecule has 0 aliphatic carbocycles. The third-order valence-electron chi connectivity index (χ3n) is 3.71. The van der Waals surface area contributed by atoms with Gasteiger partial charge in [-0.15, -0.1) is 0 Å². The Labute approximate surface area is 126 Å². The highest BCUT2D eigenvalue weighted by Crippen LogP contribution is 2.18. The van der Waals surface area contributed by atoms with Crippen molar-refractivity contribution in [3.8, 4) is 0 Å². The first-order valence-corrected chi connectivity index (χ1v) is 7.54. The fourth-order valence-electron chi connectivity index (χ4n) is 2.53. The maximum absolute atomic E-state index is 12.5. The molecule has 1 fully saturated rings. The lowest BCUT2D eigenvalue weighted by Gasteiger charge is -2.26. The molecular formula is C16H24N2O3. The third-order valence-corrected chi connectivity index (χ3v) is 3.71. The van der Waals surface area contributed by atoms with Crippen LogP contribution in [0.1, 0.15) is 25.0 Å². The highest BCUT2D eigenvalue weighted by molar-refractivity contribution is 5.76. The first kappa shape index (κ1) is 15.9. The van der Waals surface area contributed by atoms with E-state index in [1.807, 2.05) is 23.1 Å². The summed E-state index contributed by atoms with van der Waals surface area (Å²) in [5, 5.41) is 0. The van der Waals surface area contributed by atoms with Crippen LogP contribution in [0, 0.1) is 5.92 Å². The summed E-state index contributed by atoms with van der Waals surface area (Å²) in [4.78, 5) is 18.6. The maximum atomic E-state index is 12.5. The minimum absolute atomic E-state index is 0.160. The molecule has 0 saturated carbocycles. The van der Waals surface area contributed by atoms with E-state index in [0.717, 1.165) is 25.1 Å². The van der Waals surface area contributed by atoms with Gasteiger partial charge in [0.05, 0.1) is 18.8 Å². The summed E-state index contributed by atoms with van der Waals surface area (Å²) in [6, 6.07) is 5.76. The van der Waals surface area contributed by atoms with Gasteiger partial charge in [0.1, 0.15) is 0 Å². The number of hydrogen-bond donors (Lipinski definition) is 0. The first-order valence-electron chi connectivity index (χ1n) is 7.54. The van der Waals surface area contributed by atoms with E-state index < -0.39 is 0 Å². The van der Waals surface area contributed by atoms with Crippen LogP contribution in [-0.2, 0) is 20.8 Å². The van der Waals surface area contributed by atoms with E-state index in [-0.39, 0.29) is 5.91 Å². The van der Waals surface area contributed by atoms with E-state index in [1.165, 1.54) is 0 Å². The number of carbonyl (C=O) groups is 1. The van der Waals surface area contributed by atoms with Crippen LogP contribution in [0.2, 0.25) is 0 Å². The Morgan fingerprint density at radius 2 is 2.43 bits per heavy atom. The summed E-state index contributed by atoms with van der Waals surface area (Å²) in [5.41, 5.74) is 0.904. The predicted octanol–water partition coefficient (Wildman–Crippen LogP) is 1.87. The van der Waals surface area contributed by atoms with Gasteiger partial charge in [0.15, 0.2) is 0 Å². The van der Waals surface area contributed by atoms with Gasteiger partial charge < -0.3 is 14.4 Å². The molecular weight excluding hydrogens is 268 g/mol. The van der Waals surface area contributed by atoms with Gasteiger partial charge in [0.25, 0.3) is 0 Å². The molecule has 0 radical (unpaired) electrons. The zero-order valence-corrected chi connectivity index (χ0v) is 12.7. The molecule has 1 aromatic rings. The van der Waals surface area contributed by atoms with Crippen LogP contribution in [0.3, 0.4) is 0 Å². The van der Waals surface area contributed by atoms with Crippen molar-refractivity contribution < 1.29 is 14.3 Å². The Balaban J connectivity index is 1.92. The summed E-state index contributed by atoms with van der Waals surface area (Å²) < 4.78 is 10.6. The fraction of sp³-hybridized carbons (Fsp3) is 0.625. The third kappa shape index (κ3) is 5.44. The molecule has 1 unspecified atom stereocenters. The van der Waals surface area contributed by atoms with Crippen LogP contribution >= 0.6 is 0 Å². The number of carbonyl (C=O) groups excluding carboxylic acids is 1. The van der Waals surface area contributed by atoms with E-state index >= 15 is 0 Å². The molecule has 21 heavy (non-hydrogen) atoms. The number of ether oxygens (including phenoxy) is 2. The highest BCUT2D eigenvalue weighted by Gasteiger charge is 2.21. The standard InChI is InChI=1S/C16H24N2O3/c1-20-10-8-18(12-15-6-2-3-7-17-15)16(19)11-14-5-4-9-21-13-14/h2-3,6-7,14H,4-5,8-13H2,1H3. The monoisotopic (exact) mass is 292 g/mol. The second kappa shape index (κ2) is 8.74. The second-order valence-electron chi connectivity index (χ2n) is 5.42. The molecule has 5 nitrogen and oxygen atoms in total. The Morgan fingerprint density at radius 3 is 3.10 bits per heavy atom. The number of rotatable bonds is 7. The van der Waals surface area contributed by atoms with Crippen molar-refractivity contribution in [2.45, 2.75) is 25.8 Å². The minimum Gasteiger partial charge on any atom is -0.383 e. The molecule has 0 bridgehead atoms. The number of amides is 1. The second-order valence-corrected chi connectivity index (χ2v) is 5.42. The van der Waals surface area contributed by atoms with E-state index in [0.29, 0.717) is 38.6 Å². The molecule has 0 aromatic carbocycles. The Kier molecular flexibility index (Phi) is 6.63. The van der Waals surface area contributed by atoms with Gasteiger partial charge in [-0.2, -0.15) is 0 Å². The van der Waals surface area contributed by atoms with E-state index in [4.69, 9.17) is 9.47 Å². The molecule has 1 aliphatic rings. The summed E-state index contributed by atoms with van der Waals surface area (Å²) in [6.45, 7) is 3.20. The molecule has 0 spiro atoms.